The number of thiazole rings is 1. The molecule has 0 amide bonds. The highest BCUT2D eigenvalue weighted by atomic mass is 32.1. The van der Waals surface area contributed by atoms with Gasteiger partial charge in [-0.2, -0.15) is 0 Å². The first-order chi connectivity index (χ1) is 11.7. The van der Waals surface area contributed by atoms with Crippen LogP contribution in [0.4, 0.5) is 4.39 Å². The van der Waals surface area contributed by atoms with Crippen LogP contribution in [0.25, 0.3) is 0 Å². The molecule has 0 aliphatic heterocycles. The first-order valence-corrected chi connectivity index (χ1v) is 9.23. The van der Waals surface area contributed by atoms with Crippen LogP contribution in [0.15, 0.2) is 35.5 Å². The predicted molar refractivity (Wildman–Crippen MR) is 99.3 cm³/mol. The van der Waals surface area contributed by atoms with Crippen molar-refractivity contribution in [3.05, 3.63) is 51.7 Å². The monoisotopic (exact) mass is 348 g/mol. The molecule has 4 nitrogen and oxygen atoms in total. The van der Waals surface area contributed by atoms with Crippen molar-refractivity contribution < 1.29 is 4.39 Å². The van der Waals surface area contributed by atoms with Crippen LogP contribution in [0.3, 0.4) is 0 Å². The molecule has 1 aromatic carbocycles. The second-order valence-corrected chi connectivity index (χ2v) is 6.59. The third-order valence-corrected chi connectivity index (χ3v) is 4.71. The Labute approximate surface area is 147 Å². The molecule has 0 saturated heterocycles. The van der Waals surface area contributed by atoms with Crippen LogP contribution < -0.4 is 10.6 Å². The van der Waals surface area contributed by atoms with Gasteiger partial charge in [-0.1, -0.05) is 19.1 Å². The van der Waals surface area contributed by atoms with Gasteiger partial charge >= 0.3 is 0 Å². The summed E-state index contributed by atoms with van der Waals surface area (Å²) in [7, 11) is 0. The minimum atomic E-state index is -0.199. The van der Waals surface area contributed by atoms with Gasteiger partial charge in [0.2, 0.25) is 0 Å². The average molecular weight is 348 g/mol. The Morgan fingerprint density at radius 1 is 1.17 bits per heavy atom. The fourth-order valence-electron chi connectivity index (χ4n) is 2.21. The van der Waals surface area contributed by atoms with Crippen molar-refractivity contribution in [1.29, 1.82) is 0 Å². The molecule has 0 saturated carbocycles. The van der Waals surface area contributed by atoms with E-state index >= 15 is 0 Å². The van der Waals surface area contributed by atoms with E-state index in [0.29, 0.717) is 6.54 Å². The number of aliphatic imine (C=N–C) groups is 1. The van der Waals surface area contributed by atoms with Crippen molar-refractivity contribution in [2.45, 2.75) is 33.1 Å². The molecule has 0 bridgehead atoms. The normalized spacial score (nSPS) is 11.5. The summed E-state index contributed by atoms with van der Waals surface area (Å²) in [5.74, 6) is 0.613. The number of aryl methyl sites for hydroxylation is 1. The summed E-state index contributed by atoms with van der Waals surface area (Å²) in [5, 5.41) is 7.69. The largest absolute Gasteiger partial charge is 0.357 e. The van der Waals surface area contributed by atoms with Gasteiger partial charge in [0.05, 0.1) is 5.01 Å². The number of aromatic nitrogens is 1. The molecule has 1 aromatic heterocycles. The Morgan fingerprint density at radius 2 is 1.96 bits per heavy atom. The standard InChI is InChI=1S/C18H25FN4S/c1-3-16-13-23-17(24-16)10-12-22-18(20-4-2)21-11-9-14-5-7-15(19)8-6-14/h5-8,13H,3-4,9-12H2,1-2H3,(H2,20,21,22). The number of halogens is 1. The van der Waals surface area contributed by atoms with E-state index in [-0.39, 0.29) is 5.82 Å². The van der Waals surface area contributed by atoms with E-state index in [1.54, 1.807) is 11.3 Å². The molecule has 0 fully saturated rings. The summed E-state index contributed by atoms with van der Waals surface area (Å²) in [5.41, 5.74) is 1.11. The van der Waals surface area contributed by atoms with E-state index in [1.165, 1.54) is 17.0 Å². The molecule has 0 atom stereocenters. The van der Waals surface area contributed by atoms with Crippen LogP contribution in [0.1, 0.15) is 29.3 Å². The Hall–Kier alpha value is -1.95. The number of nitrogens with one attached hydrogen (secondary N) is 2. The molecule has 2 aromatic rings. The Morgan fingerprint density at radius 3 is 2.62 bits per heavy atom. The van der Waals surface area contributed by atoms with Crippen LogP contribution in [-0.4, -0.2) is 30.6 Å². The SMILES string of the molecule is CCNC(=NCCc1ncc(CC)s1)NCCc1ccc(F)cc1. The van der Waals surface area contributed by atoms with E-state index < -0.39 is 0 Å². The second-order valence-electron chi connectivity index (χ2n) is 5.39. The van der Waals surface area contributed by atoms with E-state index in [0.717, 1.165) is 48.9 Å². The highest BCUT2D eigenvalue weighted by Gasteiger charge is 2.01. The smallest absolute Gasteiger partial charge is 0.191 e. The molecule has 2 N–H and O–H groups in total. The molecule has 24 heavy (non-hydrogen) atoms. The molecule has 0 spiro atoms. The van der Waals surface area contributed by atoms with Crippen molar-refractivity contribution in [1.82, 2.24) is 15.6 Å². The van der Waals surface area contributed by atoms with Crippen LogP contribution in [0.5, 0.6) is 0 Å². The fourth-order valence-corrected chi connectivity index (χ4v) is 3.06. The highest BCUT2D eigenvalue weighted by molar-refractivity contribution is 7.11. The van der Waals surface area contributed by atoms with Gasteiger partial charge in [0, 0.05) is 37.1 Å². The molecule has 130 valence electrons. The lowest BCUT2D eigenvalue weighted by atomic mass is 10.1. The van der Waals surface area contributed by atoms with Gasteiger partial charge in [0.25, 0.3) is 0 Å². The zero-order valence-electron chi connectivity index (χ0n) is 14.3. The molecular formula is C18H25FN4S. The Balaban J connectivity index is 1.78. The highest BCUT2D eigenvalue weighted by Crippen LogP contribution is 2.13. The predicted octanol–water partition coefficient (Wildman–Crippen LogP) is 3.18. The number of hydrogen-bond acceptors (Lipinski definition) is 3. The van der Waals surface area contributed by atoms with Crippen LogP contribution in [0, 0.1) is 5.82 Å². The number of rotatable bonds is 8. The number of benzene rings is 1. The zero-order valence-corrected chi connectivity index (χ0v) is 15.1. The maximum absolute atomic E-state index is 12.9. The minimum Gasteiger partial charge on any atom is -0.357 e. The Kier molecular flexibility index (Phi) is 7.68. The number of nitrogens with zero attached hydrogens (tertiary/aromatic N) is 2. The molecule has 6 heteroatoms. The van der Waals surface area contributed by atoms with Gasteiger partial charge < -0.3 is 10.6 Å². The van der Waals surface area contributed by atoms with Crippen LogP contribution in [-0.2, 0) is 19.3 Å². The van der Waals surface area contributed by atoms with Crippen molar-refractivity contribution in [3.8, 4) is 0 Å². The van der Waals surface area contributed by atoms with Crippen LogP contribution >= 0.6 is 11.3 Å². The summed E-state index contributed by atoms with van der Waals surface area (Å²) in [6, 6.07) is 6.62. The third-order valence-electron chi connectivity index (χ3n) is 3.51. The topological polar surface area (TPSA) is 49.3 Å². The van der Waals surface area contributed by atoms with Gasteiger partial charge in [-0.05, 0) is 37.5 Å². The van der Waals surface area contributed by atoms with E-state index in [4.69, 9.17) is 0 Å². The van der Waals surface area contributed by atoms with Crippen molar-refractivity contribution >= 4 is 17.3 Å². The molecule has 0 aliphatic rings. The summed E-state index contributed by atoms with van der Waals surface area (Å²) in [4.78, 5) is 10.3. The lowest BCUT2D eigenvalue weighted by Crippen LogP contribution is -2.38. The number of guanidine groups is 1. The van der Waals surface area contributed by atoms with Crippen molar-refractivity contribution in [3.63, 3.8) is 0 Å². The summed E-state index contributed by atoms with van der Waals surface area (Å²) >= 11 is 1.76. The zero-order chi connectivity index (χ0) is 17.2. The quantitative estimate of drug-likeness (QED) is 0.569. The maximum Gasteiger partial charge on any atom is 0.191 e. The molecule has 0 radical (unpaired) electrons. The van der Waals surface area contributed by atoms with Crippen molar-refractivity contribution in [2.24, 2.45) is 4.99 Å². The van der Waals surface area contributed by atoms with E-state index in [1.807, 2.05) is 25.3 Å². The van der Waals surface area contributed by atoms with E-state index in [2.05, 4.69) is 27.5 Å². The fraction of sp³-hybridized carbons (Fsp3) is 0.444. The average Bonchev–Trinajstić information content (AvgIpc) is 3.05. The van der Waals surface area contributed by atoms with Gasteiger partial charge in [-0.25, -0.2) is 9.37 Å². The first kappa shape index (κ1) is 18.4. The van der Waals surface area contributed by atoms with Gasteiger partial charge in [-0.3, -0.25) is 4.99 Å². The maximum atomic E-state index is 12.9. The number of hydrogen-bond donors (Lipinski definition) is 2. The lowest BCUT2D eigenvalue weighted by Gasteiger charge is -2.11. The molecule has 0 unspecified atom stereocenters. The summed E-state index contributed by atoms with van der Waals surface area (Å²) in [6.45, 7) is 6.48. The Bertz CT molecular complexity index is 637. The molecule has 0 aliphatic carbocycles. The minimum absolute atomic E-state index is 0.199. The second kappa shape index (κ2) is 10.0. The summed E-state index contributed by atoms with van der Waals surface area (Å²) < 4.78 is 12.9. The molecule has 1 heterocycles. The summed E-state index contributed by atoms with van der Waals surface area (Å²) in [6.07, 6.45) is 4.68. The molecule has 2 rings (SSSR count). The lowest BCUT2D eigenvalue weighted by molar-refractivity contribution is 0.626. The third kappa shape index (κ3) is 6.28. The van der Waals surface area contributed by atoms with Gasteiger partial charge in [-0.15, -0.1) is 11.3 Å². The van der Waals surface area contributed by atoms with Gasteiger partial charge in [0.1, 0.15) is 5.82 Å². The first-order valence-electron chi connectivity index (χ1n) is 8.41. The van der Waals surface area contributed by atoms with Crippen molar-refractivity contribution in [2.75, 3.05) is 19.6 Å². The van der Waals surface area contributed by atoms with Crippen LogP contribution in [0.2, 0.25) is 0 Å². The molecular weight excluding hydrogens is 323 g/mol. The van der Waals surface area contributed by atoms with Gasteiger partial charge in [0.15, 0.2) is 5.96 Å². The van der Waals surface area contributed by atoms with E-state index in [9.17, 15) is 4.39 Å².